The van der Waals surface area contributed by atoms with E-state index in [1.807, 2.05) is 13.8 Å². The maximum atomic E-state index is 11.3. The van der Waals surface area contributed by atoms with Gasteiger partial charge in [-0.15, -0.1) is 5.10 Å². The Morgan fingerprint density at radius 1 is 1.45 bits per heavy atom. The Kier molecular flexibility index (Phi) is 4.11. The molecule has 8 heteroatoms. The van der Waals surface area contributed by atoms with Crippen LogP contribution in [0, 0.1) is 11.8 Å². The molecule has 0 bridgehead atoms. The van der Waals surface area contributed by atoms with Crippen LogP contribution in [0.2, 0.25) is 0 Å². The molecule has 2 rings (SSSR count). The number of aromatic nitrogens is 6. The molecule has 0 aliphatic heterocycles. The van der Waals surface area contributed by atoms with Gasteiger partial charge in [0.2, 0.25) is 5.82 Å². The molecule has 8 nitrogen and oxygen atoms in total. The van der Waals surface area contributed by atoms with Crippen LogP contribution in [-0.4, -0.2) is 41.1 Å². The number of hydrogen-bond acceptors (Lipinski definition) is 5. The molecule has 0 saturated heterocycles. The van der Waals surface area contributed by atoms with Crippen molar-refractivity contribution in [3.8, 4) is 11.5 Å². The van der Waals surface area contributed by atoms with Crippen LogP contribution < -0.4 is 0 Å². The van der Waals surface area contributed by atoms with Crippen LogP contribution in [0.25, 0.3) is 11.5 Å². The minimum Gasteiger partial charge on any atom is -0.481 e. The lowest BCUT2D eigenvalue weighted by molar-refractivity contribution is -0.142. The summed E-state index contributed by atoms with van der Waals surface area (Å²) in [6.45, 7) is 4.23. The number of carbonyl (C=O) groups is 1. The zero-order valence-electron chi connectivity index (χ0n) is 11.8. The molecular weight excluding hydrogens is 260 g/mol. The van der Waals surface area contributed by atoms with Gasteiger partial charge in [-0.25, -0.2) is 4.68 Å². The molecule has 0 spiro atoms. The van der Waals surface area contributed by atoms with Crippen LogP contribution in [0.1, 0.15) is 20.3 Å². The predicted molar refractivity (Wildman–Crippen MR) is 70.6 cm³/mol. The zero-order valence-corrected chi connectivity index (χ0v) is 11.8. The Morgan fingerprint density at radius 2 is 2.20 bits per heavy atom. The zero-order chi connectivity index (χ0) is 14.7. The van der Waals surface area contributed by atoms with E-state index in [2.05, 4.69) is 20.6 Å². The summed E-state index contributed by atoms with van der Waals surface area (Å²) in [4.78, 5) is 11.3. The Hall–Kier alpha value is -2.25. The molecule has 0 aliphatic rings. The number of carboxylic acids is 1. The van der Waals surface area contributed by atoms with E-state index in [0.717, 1.165) is 0 Å². The fourth-order valence-electron chi connectivity index (χ4n) is 2.08. The van der Waals surface area contributed by atoms with Crippen molar-refractivity contribution in [1.82, 2.24) is 30.0 Å². The van der Waals surface area contributed by atoms with Gasteiger partial charge in [0.1, 0.15) is 5.69 Å². The molecular formula is C12H18N6O2. The molecule has 0 aromatic carbocycles. The molecule has 1 unspecified atom stereocenters. The Balaban J connectivity index is 2.21. The van der Waals surface area contributed by atoms with Crippen LogP contribution in [0.4, 0.5) is 0 Å². The summed E-state index contributed by atoms with van der Waals surface area (Å²) in [7, 11) is 1.80. The fourth-order valence-corrected chi connectivity index (χ4v) is 2.08. The summed E-state index contributed by atoms with van der Waals surface area (Å²) in [6, 6.07) is 1.79. The number of tetrazole rings is 1. The minimum absolute atomic E-state index is 0.242. The van der Waals surface area contributed by atoms with Crippen molar-refractivity contribution in [3.63, 3.8) is 0 Å². The maximum absolute atomic E-state index is 11.3. The lowest BCUT2D eigenvalue weighted by Gasteiger charge is -2.14. The van der Waals surface area contributed by atoms with E-state index >= 15 is 0 Å². The Labute approximate surface area is 116 Å². The molecule has 0 saturated carbocycles. The van der Waals surface area contributed by atoms with Gasteiger partial charge >= 0.3 is 5.97 Å². The Morgan fingerprint density at radius 3 is 2.75 bits per heavy atom. The Bertz CT molecular complexity index is 588. The van der Waals surface area contributed by atoms with Gasteiger partial charge in [0.05, 0.1) is 12.5 Å². The van der Waals surface area contributed by atoms with Gasteiger partial charge in [-0.2, -0.15) is 5.10 Å². The lowest BCUT2D eigenvalue weighted by atomic mass is 9.97. The van der Waals surface area contributed by atoms with Crippen LogP contribution in [0.5, 0.6) is 0 Å². The fraction of sp³-hybridized carbons (Fsp3) is 0.583. The van der Waals surface area contributed by atoms with Crippen molar-refractivity contribution < 1.29 is 9.90 Å². The second-order valence-corrected chi connectivity index (χ2v) is 5.22. The van der Waals surface area contributed by atoms with E-state index < -0.39 is 11.9 Å². The van der Waals surface area contributed by atoms with E-state index in [1.54, 1.807) is 24.0 Å². The largest absolute Gasteiger partial charge is 0.481 e. The monoisotopic (exact) mass is 278 g/mol. The number of aryl methyl sites for hydroxylation is 1. The molecule has 0 amide bonds. The van der Waals surface area contributed by atoms with Gasteiger partial charge in [0.25, 0.3) is 0 Å². The van der Waals surface area contributed by atoms with E-state index in [4.69, 9.17) is 0 Å². The van der Waals surface area contributed by atoms with Crippen LogP contribution in [0.3, 0.4) is 0 Å². The minimum atomic E-state index is -0.832. The molecule has 20 heavy (non-hydrogen) atoms. The maximum Gasteiger partial charge on any atom is 0.308 e. The topological polar surface area (TPSA) is 98.7 Å². The summed E-state index contributed by atoms with van der Waals surface area (Å²) in [6.07, 6.45) is 2.37. The first kappa shape index (κ1) is 14.2. The first-order valence-corrected chi connectivity index (χ1v) is 6.46. The normalized spacial score (nSPS) is 12.8. The van der Waals surface area contributed by atoms with Gasteiger partial charge in [-0.3, -0.25) is 9.48 Å². The van der Waals surface area contributed by atoms with Gasteiger partial charge < -0.3 is 5.11 Å². The second-order valence-electron chi connectivity index (χ2n) is 5.22. The van der Waals surface area contributed by atoms with Crippen LogP contribution in [-0.2, 0) is 18.4 Å². The van der Waals surface area contributed by atoms with E-state index in [0.29, 0.717) is 23.9 Å². The highest BCUT2D eigenvalue weighted by Gasteiger charge is 2.22. The van der Waals surface area contributed by atoms with Gasteiger partial charge in [-0.1, -0.05) is 13.8 Å². The van der Waals surface area contributed by atoms with Crippen molar-refractivity contribution in [2.75, 3.05) is 0 Å². The molecule has 2 aromatic rings. The number of rotatable bonds is 6. The lowest BCUT2D eigenvalue weighted by Crippen LogP contribution is -2.23. The third-order valence-corrected chi connectivity index (χ3v) is 2.97. The summed E-state index contributed by atoms with van der Waals surface area (Å²) >= 11 is 0. The first-order valence-electron chi connectivity index (χ1n) is 6.46. The number of nitrogens with zero attached hydrogens (tertiary/aromatic N) is 6. The first-order chi connectivity index (χ1) is 9.47. The summed E-state index contributed by atoms with van der Waals surface area (Å²) < 4.78 is 3.15. The molecule has 2 aromatic heterocycles. The molecule has 0 aliphatic carbocycles. The van der Waals surface area contributed by atoms with Gasteiger partial charge in [-0.05, 0) is 28.8 Å². The summed E-state index contributed by atoms with van der Waals surface area (Å²) in [5.74, 6) is -0.561. The highest BCUT2D eigenvalue weighted by molar-refractivity contribution is 5.70. The molecule has 108 valence electrons. The molecule has 0 fully saturated rings. The summed E-state index contributed by atoms with van der Waals surface area (Å²) in [5.41, 5.74) is 0.631. The quantitative estimate of drug-likeness (QED) is 0.840. The highest BCUT2D eigenvalue weighted by Crippen LogP contribution is 2.18. The number of aliphatic carboxylic acids is 1. The highest BCUT2D eigenvalue weighted by atomic mass is 16.4. The third kappa shape index (κ3) is 3.19. The second kappa shape index (κ2) is 5.81. The van der Waals surface area contributed by atoms with Crippen molar-refractivity contribution in [1.29, 1.82) is 0 Å². The SMILES string of the molecule is CC(C)CC(Cn1nnnc1-c1ccn(C)n1)C(=O)O. The summed E-state index contributed by atoms with van der Waals surface area (Å²) in [5, 5.41) is 24.9. The van der Waals surface area contributed by atoms with Crippen LogP contribution >= 0.6 is 0 Å². The smallest absolute Gasteiger partial charge is 0.308 e. The molecule has 1 atom stereocenters. The number of hydrogen-bond donors (Lipinski definition) is 1. The molecule has 2 heterocycles. The van der Waals surface area contributed by atoms with Crippen molar-refractivity contribution in [3.05, 3.63) is 12.3 Å². The molecule has 1 N–H and O–H groups in total. The standard InChI is InChI=1S/C12H18N6O2/c1-8(2)6-9(12(19)20)7-18-11(13-15-16-18)10-4-5-17(3)14-10/h4-5,8-9H,6-7H2,1-3H3,(H,19,20). The van der Waals surface area contributed by atoms with Crippen LogP contribution in [0.15, 0.2) is 12.3 Å². The van der Waals surface area contributed by atoms with Crippen molar-refractivity contribution in [2.24, 2.45) is 18.9 Å². The van der Waals surface area contributed by atoms with Crippen molar-refractivity contribution >= 4 is 5.97 Å². The number of carboxylic acid groups (broad SMARTS) is 1. The average molecular weight is 278 g/mol. The van der Waals surface area contributed by atoms with E-state index in [9.17, 15) is 9.90 Å². The van der Waals surface area contributed by atoms with Gasteiger partial charge in [0.15, 0.2) is 0 Å². The molecule has 0 radical (unpaired) electrons. The van der Waals surface area contributed by atoms with E-state index in [-0.39, 0.29) is 6.54 Å². The van der Waals surface area contributed by atoms with Crippen molar-refractivity contribution in [2.45, 2.75) is 26.8 Å². The predicted octanol–water partition coefficient (Wildman–Crippen LogP) is 0.820. The van der Waals surface area contributed by atoms with Gasteiger partial charge in [0, 0.05) is 13.2 Å². The van der Waals surface area contributed by atoms with E-state index in [1.165, 1.54) is 4.68 Å². The average Bonchev–Trinajstić information content (AvgIpc) is 2.96. The third-order valence-electron chi connectivity index (χ3n) is 2.97.